The molecule has 174 valence electrons. The molecule has 0 spiro atoms. The van der Waals surface area contributed by atoms with Gasteiger partial charge in [0.25, 0.3) is 11.8 Å². The summed E-state index contributed by atoms with van der Waals surface area (Å²) >= 11 is 14.2. The Morgan fingerprint density at radius 1 is 1.03 bits per heavy atom. The van der Waals surface area contributed by atoms with Gasteiger partial charge in [0.05, 0.1) is 22.2 Å². The van der Waals surface area contributed by atoms with Gasteiger partial charge in [-0.05, 0) is 56.7 Å². The van der Waals surface area contributed by atoms with Crippen LogP contribution in [0.15, 0.2) is 12.1 Å². The highest BCUT2D eigenvalue weighted by molar-refractivity contribution is 7.17. The van der Waals surface area contributed by atoms with Crippen molar-refractivity contribution < 1.29 is 14.3 Å². The maximum Gasteiger partial charge on any atom is 0.256 e. The normalized spacial score (nSPS) is 12.9. The number of carbonyl (C=O) groups is 2. The lowest BCUT2D eigenvalue weighted by Crippen LogP contribution is -2.25. The fourth-order valence-electron chi connectivity index (χ4n) is 3.85. The summed E-state index contributed by atoms with van der Waals surface area (Å²) in [6, 6.07) is 3.12. The van der Waals surface area contributed by atoms with Crippen molar-refractivity contribution in [3.63, 3.8) is 0 Å². The van der Waals surface area contributed by atoms with Crippen LogP contribution in [0.1, 0.15) is 83.5 Å². The van der Waals surface area contributed by atoms with Gasteiger partial charge in [-0.25, -0.2) is 0 Å². The smallest absolute Gasteiger partial charge is 0.256 e. The molecule has 3 rings (SSSR count). The van der Waals surface area contributed by atoms with E-state index in [0.717, 1.165) is 56.9 Å². The van der Waals surface area contributed by atoms with Crippen molar-refractivity contribution in [2.24, 2.45) is 0 Å². The van der Waals surface area contributed by atoms with E-state index in [1.165, 1.54) is 16.2 Å². The van der Waals surface area contributed by atoms with Gasteiger partial charge in [-0.3, -0.25) is 9.59 Å². The van der Waals surface area contributed by atoms with Crippen LogP contribution in [0.4, 0.5) is 5.00 Å². The first-order chi connectivity index (χ1) is 15.5. The minimum Gasteiger partial charge on any atom is -0.490 e. The second kappa shape index (κ2) is 11.9. The van der Waals surface area contributed by atoms with Crippen molar-refractivity contribution in [2.75, 3.05) is 18.5 Å². The first-order valence-electron chi connectivity index (χ1n) is 11.3. The van der Waals surface area contributed by atoms with Crippen LogP contribution >= 0.6 is 34.5 Å². The largest absolute Gasteiger partial charge is 0.490 e. The van der Waals surface area contributed by atoms with E-state index in [0.29, 0.717) is 45.1 Å². The molecule has 2 aromatic rings. The Balaban J connectivity index is 1.77. The Morgan fingerprint density at radius 2 is 1.75 bits per heavy atom. The third-order valence-electron chi connectivity index (χ3n) is 5.47. The zero-order chi connectivity index (χ0) is 23.1. The molecular weight excluding hydrogens is 467 g/mol. The van der Waals surface area contributed by atoms with Gasteiger partial charge in [0.1, 0.15) is 5.00 Å². The molecular formula is C24H30Cl2N2O3S. The number of carbonyl (C=O) groups excluding carboxylic acids is 2. The molecule has 32 heavy (non-hydrogen) atoms. The molecule has 1 heterocycles. The predicted octanol–water partition coefficient (Wildman–Crippen LogP) is 6.89. The first-order valence-corrected chi connectivity index (χ1v) is 12.9. The molecule has 5 nitrogen and oxygen atoms in total. The minimum atomic E-state index is -0.354. The summed E-state index contributed by atoms with van der Waals surface area (Å²) in [4.78, 5) is 26.9. The summed E-state index contributed by atoms with van der Waals surface area (Å²) in [5, 5.41) is 6.97. The lowest BCUT2D eigenvalue weighted by atomic mass is 9.95. The van der Waals surface area contributed by atoms with Crippen LogP contribution in [0.5, 0.6) is 5.75 Å². The van der Waals surface area contributed by atoms with Crippen molar-refractivity contribution >= 4 is 51.4 Å². The molecule has 2 amide bonds. The van der Waals surface area contributed by atoms with Gasteiger partial charge < -0.3 is 15.4 Å². The van der Waals surface area contributed by atoms with Gasteiger partial charge >= 0.3 is 0 Å². The van der Waals surface area contributed by atoms with Crippen LogP contribution in [0.3, 0.4) is 0 Å². The van der Waals surface area contributed by atoms with Gasteiger partial charge in [-0.1, -0.05) is 49.4 Å². The standard InChI is InChI=1S/C24H30Cl2N2O3S/c1-3-5-6-9-12-31-21-17(25)13-15(14-18(21)26)22(29)28-24-20(23(30)27-4-2)16-10-7-8-11-19(16)32-24/h13-14H,3-12H2,1-2H3,(H,27,30)(H,28,29). The molecule has 0 bridgehead atoms. The highest BCUT2D eigenvalue weighted by atomic mass is 35.5. The summed E-state index contributed by atoms with van der Waals surface area (Å²) in [5.74, 6) is -0.103. The molecule has 0 unspecified atom stereocenters. The summed E-state index contributed by atoms with van der Waals surface area (Å²) < 4.78 is 5.75. The number of benzene rings is 1. The predicted molar refractivity (Wildman–Crippen MR) is 133 cm³/mol. The van der Waals surface area contributed by atoms with E-state index in [2.05, 4.69) is 17.6 Å². The second-order valence-electron chi connectivity index (χ2n) is 7.91. The third-order valence-corrected chi connectivity index (χ3v) is 7.24. The number of unbranched alkanes of at least 4 members (excludes halogenated alkanes) is 3. The van der Waals surface area contributed by atoms with Crippen molar-refractivity contribution in [1.82, 2.24) is 5.32 Å². The van der Waals surface area contributed by atoms with Crippen LogP contribution in [-0.4, -0.2) is 25.0 Å². The van der Waals surface area contributed by atoms with Crippen molar-refractivity contribution in [3.8, 4) is 5.75 Å². The van der Waals surface area contributed by atoms with Gasteiger partial charge in [-0.15, -0.1) is 11.3 Å². The van der Waals surface area contributed by atoms with Crippen LogP contribution in [0.25, 0.3) is 0 Å². The molecule has 0 fully saturated rings. The Morgan fingerprint density at radius 3 is 2.44 bits per heavy atom. The summed E-state index contributed by atoms with van der Waals surface area (Å²) in [6.45, 7) is 5.10. The number of nitrogens with one attached hydrogen (secondary N) is 2. The number of rotatable bonds is 10. The number of thiophene rings is 1. The maximum atomic E-state index is 13.0. The molecule has 1 aliphatic carbocycles. The third kappa shape index (κ3) is 5.97. The van der Waals surface area contributed by atoms with Gasteiger partial charge in [0.15, 0.2) is 5.75 Å². The fourth-order valence-corrected chi connectivity index (χ4v) is 5.73. The van der Waals surface area contributed by atoms with E-state index in [1.807, 2.05) is 6.92 Å². The van der Waals surface area contributed by atoms with E-state index in [-0.39, 0.29) is 11.8 Å². The highest BCUT2D eigenvalue weighted by Gasteiger charge is 2.26. The number of aryl methyl sites for hydroxylation is 1. The second-order valence-corrected chi connectivity index (χ2v) is 9.83. The monoisotopic (exact) mass is 496 g/mol. The zero-order valence-corrected chi connectivity index (χ0v) is 20.9. The first kappa shape index (κ1) is 24.9. The SMILES string of the molecule is CCCCCCOc1c(Cl)cc(C(=O)Nc2sc3c(c2C(=O)NCC)CCCC3)cc1Cl. The quantitative estimate of drug-likeness (QED) is 0.351. The number of anilines is 1. The Kier molecular flexibility index (Phi) is 9.26. The molecule has 1 aromatic carbocycles. The number of hydrogen-bond acceptors (Lipinski definition) is 4. The number of fused-ring (bicyclic) bond motifs is 1. The molecule has 2 N–H and O–H groups in total. The zero-order valence-electron chi connectivity index (χ0n) is 18.6. The number of hydrogen-bond donors (Lipinski definition) is 2. The Bertz CT molecular complexity index is 951. The maximum absolute atomic E-state index is 13.0. The number of halogens is 2. The summed E-state index contributed by atoms with van der Waals surface area (Å²) in [7, 11) is 0. The molecule has 8 heteroatoms. The highest BCUT2D eigenvalue weighted by Crippen LogP contribution is 2.39. The van der Waals surface area contributed by atoms with Gasteiger partial charge in [0.2, 0.25) is 0 Å². The topological polar surface area (TPSA) is 67.4 Å². The average Bonchev–Trinajstić information content (AvgIpc) is 3.13. The molecule has 1 aliphatic rings. The van der Waals surface area contributed by atoms with Gasteiger partial charge in [0, 0.05) is 17.0 Å². The van der Waals surface area contributed by atoms with E-state index in [9.17, 15) is 9.59 Å². The molecule has 0 saturated heterocycles. The molecule has 0 aliphatic heterocycles. The van der Waals surface area contributed by atoms with Crippen LogP contribution in [-0.2, 0) is 12.8 Å². The molecule has 0 saturated carbocycles. The Hall–Kier alpha value is -1.76. The summed E-state index contributed by atoms with van der Waals surface area (Å²) in [5.41, 5.74) is 1.97. The minimum absolute atomic E-state index is 0.148. The molecule has 0 radical (unpaired) electrons. The van der Waals surface area contributed by atoms with Crippen molar-refractivity contribution in [2.45, 2.75) is 65.2 Å². The van der Waals surface area contributed by atoms with Crippen LogP contribution in [0.2, 0.25) is 10.0 Å². The molecule has 0 atom stereocenters. The van der Waals surface area contributed by atoms with Crippen molar-refractivity contribution in [1.29, 1.82) is 0 Å². The fraction of sp³-hybridized carbons (Fsp3) is 0.500. The van der Waals surface area contributed by atoms with Gasteiger partial charge in [-0.2, -0.15) is 0 Å². The average molecular weight is 497 g/mol. The lowest BCUT2D eigenvalue weighted by Gasteiger charge is -2.13. The molecule has 1 aromatic heterocycles. The lowest BCUT2D eigenvalue weighted by molar-refractivity contribution is 0.0956. The van der Waals surface area contributed by atoms with E-state index in [1.54, 1.807) is 12.1 Å². The van der Waals surface area contributed by atoms with Crippen LogP contribution in [0, 0.1) is 0 Å². The van der Waals surface area contributed by atoms with E-state index >= 15 is 0 Å². The van der Waals surface area contributed by atoms with Crippen molar-refractivity contribution in [3.05, 3.63) is 43.7 Å². The van der Waals surface area contributed by atoms with Crippen LogP contribution < -0.4 is 15.4 Å². The number of ether oxygens (including phenoxy) is 1. The number of amides is 2. The van der Waals surface area contributed by atoms with E-state index < -0.39 is 0 Å². The Labute approximate surface area is 203 Å². The van der Waals surface area contributed by atoms with E-state index in [4.69, 9.17) is 27.9 Å². The summed E-state index contributed by atoms with van der Waals surface area (Å²) in [6.07, 6.45) is 8.27.